The number of rotatable bonds is 6. The van der Waals surface area contributed by atoms with E-state index in [1.807, 2.05) is 0 Å². The maximum Gasteiger partial charge on any atom is 0.271 e. The zero-order chi connectivity index (χ0) is 21.2. The van der Waals surface area contributed by atoms with Crippen LogP contribution in [0.2, 0.25) is 0 Å². The number of hydrogen-bond donors (Lipinski definition) is 0. The van der Waals surface area contributed by atoms with Crippen LogP contribution in [0.1, 0.15) is 57.6 Å². The van der Waals surface area contributed by atoms with Gasteiger partial charge in [0.15, 0.2) is 0 Å². The monoisotopic (exact) mass is 395 g/mol. The van der Waals surface area contributed by atoms with E-state index in [9.17, 15) is 10.1 Å². The van der Waals surface area contributed by atoms with Crippen molar-refractivity contribution in [2.45, 2.75) is 52.0 Å². The van der Waals surface area contributed by atoms with Gasteiger partial charge in [0, 0.05) is 47.7 Å². The molecule has 0 spiro atoms. The molecule has 1 aliphatic heterocycles. The molecule has 2 aromatic carbocycles. The van der Waals surface area contributed by atoms with Gasteiger partial charge < -0.3 is 9.64 Å². The minimum Gasteiger partial charge on any atom is -0.496 e. The maximum atomic E-state index is 11.0. The third-order valence-corrected chi connectivity index (χ3v) is 5.58. The third kappa shape index (κ3) is 4.26. The predicted molar refractivity (Wildman–Crippen MR) is 118 cm³/mol. The highest BCUT2D eigenvalue weighted by atomic mass is 16.6. The smallest absolute Gasteiger partial charge is 0.271 e. The Morgan fingerprint density at radius 3 is 2.76 bits per heavy atom. The Labute approximate surface area is 172 Å². The molecule has 154 valence electrons. The summed E-state index contributed by atoms with van der Waals surface area (Å²) in [4.78, 5) is 17.5. The highest BCUT2D eigenvalue weighted by Gasteiger charge is 2.36. The largest absolute Gasteiger partial charge is 0.496 e. The first kappa shape index (κ1) is 20.8. The number of hydrogen-bond acceptors (Lipinski definition) is 5. The van der Waals surface area contributed by atoms with Crippen LogP contribution in [0.3, 0.4) is 0 Å². The number of benzene rings is 2. The lowest BCUT2D eigenvalue weighted by atomic mass is 9.79. The molecule has 0 bridgehead atoms. The number of non-ortho nitro benzene ring substituents is 1. The molecule has 29 heavy (non-hydrogen) atoms. The van der Waals surface area contributed by atoms with Gasteiger partial charge in [0.2, 0.25) is 0 Å². The van der Waals surface area contributed by atoms with Crippen molar-refractivity contribution in [3.05, 3.63) is 57.6 Å². The molecular formula is C23H29N3O3. The average molecular weight is 396 g/mol. The summed E-state index contributed by atoms with van der Waals surface area (Å²) in [5.74, 6) is 1.17. The van der Waals surface area contributed by atoms with E-state index >= 15 is 0 Å². The van der Waals surface area contributed by atoms with Gasteiger partial charge in [-0.3, -0.25) is 15.1 Å². The first-order valence-electron chi connectivity index (χ1n) is 10.0. The number of methoxy groups -OCH3 is 1. The van der Waals surface area contributed by atoms with E-state index in [0.29, 0.717) is 11.6 Å². The molecule has 0 saturated heterocycles. The Balaban J connectivity index is 2.03. The number of nitro groups is 1. The lowest BCUT2D eigenvalue weighted by Gasteiger charge is -2.47. The van der Waals surface area contributed by atoms with Crippen LogP contribution in [0.5, 0.6) is 5.75 Å². The SMILES string of the molecule is CCCN1c2cc(OC)c(C=Nc3cccc([N+](=O)[O-])c3)cc2C(C)CC1(C)C. The molecule has 0 aromatic heterocycles. The van der Waals surface area contributed by atoms with E-state index < -0.39 is 4.92 Å². The van der Waals surface area contributed by atoms with E-state index in [1.165, 1.54) is 23.4 Å². The molecule has 0 N–H and O–H groups in total. The number of nitrogens with zero attached hydrogens (tertiary/aromatic N) is 3. The molecule has 1 unspecified atom stereocenters. The van der Waals surface area contributed by atoms with Gasteiger partial charge in [0.1, 0.15) is 5.75 Å². The highest BCUT2D eigenvalue weighted by Crippen LogP contribution is 2.45. The van der Waals surface area contributed by atoms with Crippen molar-refractivity contribution in [3.63, 3.8) is 0 Å². The fourth-order valence-electron chi connectivity index (χ4n) is 4.28. The number of aliphatic imine (C=N–C) groups is 1. The van der Waals surface area contributed by atoms with Crippen LogP contribution < -0.4 is 9.64 Å². The fraction of sp³-hybridized carbons (Fsp3) is 0.435. The van der Waals surface area contributed by atoms with E-state index in [4.69, 9.17) is 4.74 Å². The van der Waals surface area contributed by atoms with Crippen LogP contribution >= 0.6 is 0 Å². The number of ether oxygens (including phenoxy) is 1. The Hall–Kier alpha value is -2.89. The first-order chi connectivity index (χ1) is 13.8. The summed E-state index contributed by atoms with van der Waals surface area (Å²) in [5.41, 5.74) is 4.05. The lowest BCUT2D eigenvalue weighted by Crippen LogP contribution is -2.48. The molecule has 0 amide bonds. The molecule has 1 heterocycles. The van der Waals surface area contributed by atoms with Crippen molar-refractivity contribution >= 4 is 23.3 Å². The minimum absolute atomic E-state index is 0.0307. The van der Waals surface area contributed by atoms with Gasteiger partial charge in [-0.15, -0.1) is 0 Å². The molecule has 2 aromatic rings. The lowest BCUT2D eigenvalue weighted by molar-refractivity contribution is -0.384. The first-order valence-corrected chi connectivity index (χ1v) is 10.0. The van der Waals surface area contributed by atoms with Crippen LogP contribution in [-0.2, 0) is 0 Å². The minimum atomic E-state index is -0.412. The van der Waals surface area contributed by atoms with Crippen LogP contribution in [0, 0.1) is 10.1 Å². The second-order valence-electron chi connectivity index (χ2n) is 8.26. The molecule has 6 heteroatoms. The van der Waals surface area contributed by atoms with Gasteiger partial charge in [-0.2, -0.15) is 0 Å². The van der Waals surface area contributed by atoms with Gasteiger partial charge in [0.25, 0.3) is 5.69 Å². The number of fused-ring (bicyclic) bond motifs is 1. The van der Waals surface area contributed by atoms with Crippen LogP contribution in [0.4, 0.5) is 17.1 Å². The topological polar surface area (TPSA) is 68.0 Å². The van der Waals surface area contributed by atoms with Crippen molar-refractivity contribution in [2.75, 3.05) is 18.6 Å². The Morgan fingerprint density at radius 2 is 2.10 bits per heavy atom. The average Bonchev–Trinajstić information content (AvgIpc) is 2.68. The molecule has 6 nitrogen and oxygen atoms in total. The van der Waals surface area contributed by atoms with Crippen molar-refractivity contribution in [1.29, 1.82) is 0 Å². The molecule has 0 aliphatic carbocycles. The van der Waals surface area contributed by atoms with Crippen molar-refractivity contribution in [3.8, 4) is 5.75 Å². The normalized spacial score (nSPS) is 18.0. The Kier molecular flexibility index (Phi) is 5.91. The molecule has 1 atom stereocenters. The summed E-state index contributed by atoms with van der Waals surface area (Å²) >= 11 is 0. The molecule has 3 rings (SSSR count). The van der Waals surface area contributed by atoms with Crippen molar-refractivity contribution in [2.24, 2.45) is 4.99 Å². The van der Waals surface area contributed by atoms with Gasteiger partial charge in [-0.05, 0) is 50.3 Å². The Bertz CT molecular complexity index is 937. The van der Waals surface area contributed by atoms with Crippen molar-refractivity contribution < 1.29 is 9.66 Å². The van der Waals surface area contributed by atoms with E-state index in [2.05, 4.69) is 49.7 Å². The molecule has 1 aliphatic rings. The zero-order valence-corrected chi connectivity index (χ0v) is 17.8. The van der Waals surface area contributed by atoms with Gasteiger partial charge in [-0.25, -0.2) is 0 Å². The zero-order valence-electron chi connectivity index (χ0n) is 17.8. The molecule has 0 fully saturated rings. The summed E-state index contributed by atoms with van der Waals surface area (Å²) in [6.45, 7) is 10.1. The predicted octanol–water partition coefficient (Wildman–Crippen LogP) is 5.86. The fourth-order valence-corrected chi connectivity index (χ4v) is 4.28. The summed E-state index contributed by atoms with van der Waals surface area (Å²) in [6.07, 6.45) is 3.89. The maximum absolute atomic E-state index is 11.0. The number of anilines is 1. The van der Waals surface area contributed by atoms with Crippen molar-refractivity contribution in [1.82, 2.24) is 0 Å². The van der Waals surface area contributed by atoms with Crippen LogP contribution in [0.25, 0.3) is 0 Å². The second-order valence-corrected chi connectivity index (χ2v) is 8.26. The van der Waals surface area contributed by atoms with Gasteiger partial charge >= 0.3 is 0 Å². The molecule has 0 radical (unpaired) electrons. The van der Waals surface area contributed by atoms with Gasteiger partial charge in [0.05, 0.1) is 17.7 Å². The molecule has 0 saturated carbocycles. The second kappa shape index (κ2) is 8.23. The standard InChI is InChI=1S/C23H29N3O3/c1-6-10-25-21-13-22(29-5)17(11-20(21)16(2)14-23(25,3)4)15-24-18-8-7-9-19(12-18)26(27)28/h7-9,11-13,15-16H,6,10,14H2,1-5H3. The highest BCUT2D eigenvalue weighted by molar-refractivity contribution is 5.88. The van der Waals surface area contributed by atoms with Crippen LogP contribution in [-0.4, -0.2) is 30.3 Å². The van der Waals surface area contributed by atoms with E-state index in [1.54, 1.807) is 25.5 Å². The van der Waals surface area contributed by atoms with E-state index in [-0.39, 0.29) is 11.2 Å². The number of nitro benzene ring substituents is 1. The summed E-state index contributed by atoms with van der Waals surface area (Å²) in [6, 6.07) is 10.6. The quantitative estimate of drug-likeness (QED) is 0.349. The van der Waals surface area contributed by atoms with Crippen LogP contribution in [0.15, 0.2) is 41.4 Å². The van der Waals surface area contributed by atoms with E-state index in [0.717, 1.165) is 30.7 Å². The Morgan fingerprint density at radius 1 is 1.34 bits per heavy atom. The third-order valence-electron chi connectivity index (χ3n) is 5.58. The summed E-state index contributed by atoms with van der Waals surface area (Å²) < 4.78 is 5.67. The summed E-state index contributed by atoms with van der Waals surface area (Å²) in [7, 11) is 1.66. The molecular weight excluding hydrogens is 366 g/mol. The summed E-state index contributed by atoms with van der Waals surface area (Å²) in [5, 5.41) is 11.0. The van der Waals surface area contributed by atoms with Gasteiger partial charge in [-0.1, -0.05) is 19.9 Å².